The summed E-state index contributed by atoms with van der Waals surface area (Å²) in [6.45, 7) is 2.89. The molecule has 0 heterocycles. The molecule has 1 fully saturated rings. The Balaban J connectivity index is 2.03. The first kappa shape index (κ1) is 14.8. The third kappa shape index (κ3) is 3.70. The first-order valence-corrected chi connectivity index (χ1v) is 7.15. The molecule has 0 amide bonds. The monoisotopic (exact) mass is 278 g/mol. The molecule has 0 radical (unpaired) electrons. The lowest BCUT2D eigenvalue weighted by Gasteiger charge is -2.27. The van der Waals surface area contributed by atoms with Gasteiger partial charge in [0.25, 0.3) is 5.69 Å². The van der Waals surface area contributed by atoms with Gasteiger partial charge in [0.1, 0.15) is 5.75 Å². The number of nitrogens with zero attached hydrogens (tertiary/aromatic N) is 1. The Hall–Kier alpha value is -1.62. The van der Waals surface area contributed by atoms with Gasteiger partial charge in [0.2, 0.25) is 0 Å². The highest BCUT2D eigenvalue weighted by atomic mass is 16.6. The van der Waals surface area contributed by atoms with Crippen molar-refractivity contribution in [3.63, 3.8) is 0 Å². The van der Waals surface area contributed by atoms with Crippen LogP contribution < -0.4 is 10.1 Å². The number of methoxy groups -OCH3 is 1. The molecule has 1 aliphatic rings. The van der Waals surface area contributed by atoms with Crippen LogP contribution in [0.15, 0.2) is 18.2 Å². The van der Waals surface area contributed by atoms with Crippen molar-refractivity contribution in [2.45, 2.75) is 45.2 Å². The lowest BCUT2D eigenvalue weighted by Crippen LogP contribution is -2.33. The van der Waals surface area contributed by atoms with E-state index in [9.17, 15) is 10.1 Å². The molecule has 0 saturated heterocycles. The molecule has 0 aliphatic heterocycles. The van der Waals surface area contributed by atoms with Crippen molar-refractivity contribution in [3.05, 3.63) is 33.9 Å². The minimum atomic E-state index is -0.369. The van der Waals surface area contributed by atoms with Gasteiger partial charge >= 0.3 is 0 Å². The maximum absolute atomic E-state index is 10.8. The Morgan fingerprint density at radius 1 is 1.45 bits per heavy atom. The van der Waals surface area contributed by atoms with Gasteiger partial charge in [-0.15, -0.1) is 0 Å². The van der Waals surface area contributed by atoms with Crippen molar-refractivity contribution < 1.29 is 9.66 Å². The molecule has 2 atom stereocenters. The highest BCUT2D eigenvalue weighted by Crippen LogP contribution is 2.26. The van der Waals surface area contributed by atoms with Crippen LogP contribution in [0.1, 0.15) is 38.2 Å². The van der Waals surface area contributed by atoms with E-state index in [1.165, 1.54) is 31.7 Å². The zero-order valence-corrected chi connectivity index (χ0v) is 12.1. The van der Waals surface area contributed by atoms with Crippen LogP contribution in [0.4, 0.5) is 5.69 Å². The number of nitro benzene ring substituents is 1. The van der Waals surface area contributed by atoms with Crippen LogP contribution in [-0.2, 0) is 6.54 Å². The van der Waals surface area contributed by atoms with E-state index in [-0.39, 0.29) is 10.6 Å². The SMILES string of the molecule is COc1ccc([N+](=O)[O-])cc1CNC1CCCC(C)C1. The second-order valence-electron chi connectivity index (χ2n) is 5.60. The van der Waals surface area contributed by atoms with Gasteiger partial charge in [-0.05, 0) is 24.8 Å². The number of nitro groups is 1. The lowest BCUT2D eigenvalue weighted by atomic mass is 9.87. The van der Waals surface area contributed by atoms with Gasteiger partial charge in [-0.3, -0.25) is 10.1 Å². The summed E-state index contributed by atoms with van der Waals surface area (Å²) < 4.78 is 5.28. The quantitative estimate of drug-likeness (QED) is 0.663. The summed E-state index contributed by atoms with van der Waals surface area (Å²) in [5.41, 5.74) is 0.958. The minimum Gasteiger partial charge on any atom is -0.496 e. The lowest BCUT2D eigenvalue weighted by molar-refractivity contribution is -0.384. The number of ether oxygens (including phenoxy) is 1. The first-order chi connectivity index (χ1) is 9.60. The van der Waals surface area contributed by atoms with E-state index in [1.54, 1.807) is 19.2 Å². The summed E-state index contributed by atoms with van der Waals surface area (Å²) in [6, 6.07) is 5.24. The number of nitrogens with one attached hydrogen (secondary N) is 1. The van der Waals surface area contributed by atoms with E-state index < -0.39 is 0 Å². The summed E-state index contributed by atoms with van der Waals surface area (Å²) in [6.07, 6.45) is 4.92. The molecule has 2 rings (SSSR count). The number of non-ortho nitro benzene ring substituents is 1. The standard InChI is InChI=1S/C15H22N2O3/c1-11-4-3-5-13(8-11)16-10-12-9-14(17(18)19)6-7-15(12)20-2/h6-7,9,11,13,16H,3-5,8,10H2,1-2H3. The van der Waals surface area contributed by atoms with E-state index in [2.05, 4.69) is 12.2 Å². The molecule has 2 unspecified atom stereocenters. The van der Waals surface area contributed by atoms with E-state index in [4.69, 9.17) is 4.74 Å². The molecule has 20 heavy (non-hydrogen) atoms. The maximum Gasteiger partial charge on any atom is 0.270 e. The molecule has 1 aromatic carbocycles. The smallest absolute Gasteiger partial charge is 0.270 e. The molecular weight excluding hydrogens is 256 g/mol. The van der Waals surface area contributed by atoms with Gasteiger partial charge in [0.15, 0.2) is 0 Å². The minimum absolute atomic E-state index is 0.111. The third-order valence-corrected chi connectivity index (χ3v) is 3.99. The molecule has 1 aliphatic carbocycles. The van der Waals surface area contributed by atoms with Crippen LogP contribution in [0.2, 0.25) is 0 Å². The van der Waals surface area contributed by atoms with Crippen molar-refractivity contribution in [1.29, 1.82) is 0 Å². The molecule has 1 N–H and O–H groups in total. The Kier molecular flexibility index (Phi) is 4.95. The van der Waals surface area contributed by atoms with Crippen LogP contribution in [0.5, 0.6) is 5.75 Å². The molecule has 1 aromatic rings. The van der Waals surface area contributed by atoms with Crippen molar-refractivity contribution in [3.8, 4) is 5.75 Å². The normalized spacial score (nSPS) is 22.5. The summed E-state index contributed by atoms with van der Waals surface area (Å²) in [5.74, 6) is 1.46. The van der Waals surface area contributed by atoms with E-state index >= 15 is 0 Å². The first-order valence-electron chi connectivity index (χ1n) is 7.15. The number of hydrogen-bond donors (Lipinski definition) is 1. The van der Waals surface area contributed by atoms with Gasteiger partial charge in [-0.2, -0.15) is 0 Å². The van der Waals surface area contributed by atoms with Gasteiger partial charge in [-0.25, -0.2) is 0 Å². The van der Waals surface area contributed by atoms with Crippen molar-refractivity contribution in [2.75, 3.05) is 7.11 Å². The fourth-order valence-electron chi connectivity index (χ4n) is 2.89. The van der Waals surface area contributed by atoms with E-state index in [0.29, 0.717) is 18.3 Å². The molecule has 110 valence electrons. The molecule has 5 heteroatoms. The molecular formula is C15H22N2O3. The molecule has 5 nitrogen and oxygen atoms in total. The van der Waals surface area contributed by atoms with Crippen molar-refractivity contribution in [2.24, 2.45) is 5.92 Å². The Bertz CT molecular complexity index is 476. The highest BCUT2D eigenvalue weighted by molar-refractivity contribution is 5.43. The van der Waals surface area contributed by atoms with E-state index in [0.717, 1.165) is 11.5 Å². The maximum atomic E-state index is 10.8. The van der Waals surface area contributed by atoms with Crippen LogP contribution in [0.3, 0.4) is 0 Å². The summed E-state index contributed by atoms with van der Waals surface area (Å²) >= 11 is 0. The predicted molar refractivity (Wildman–Crippen MR) is 77.9 cm³/mol. The zero-order valence-electron chi connectivity index (χ0n) is 12.1. The Morgan fingerprint density at radius 2 is 2.25 bits per heavy atom. The highest BCUT2D eigenvalue weighted by Gasteiger charge is 2.19. The fraction of sp³-hybridized carbons (Fsp3) is 0.600. The van der Waals surface area contributed by atoms with Crippen molar-refractivity contribution in [1.82, 2.24) is 5.32 Å². The summed E-state index contributed by atoms with van der Waals surface area (Å²) in [7, 11) is 1.59. The number of benzene rings is 1. The number of rotatable bonds is 5. The summed E-state index contributed by atoms with van der Waals surface area (Å²) in [5, 5.41) is 14.4. The fourth-order valence-corrected chi connectivity index (χ4v) is 2.89. The molecule has 1 saturated carbocycles. The topological polar surface area (TPSA) is 64.4 Å². The van der Waals surface area contributed by atoms with Gasteiger partial charge < -0.3 is 10.1 Å². The van der Waals surface area contributed by atoms with Crippen LogP contribution >= 0.6 is 0 Å². The molecule has 0 bridgehead atoms. The Labute approximate surface area is 119 Å². The van der Waals surface area contributed by atoms with E-state index in [1.807, 2.05) is 0 Å². The van der Waals surface area contributed by atoms with Crippen LogP contribution in [-0.4, -0.2) is 18.1 Å². The van der Waals surface area contributed by atoms with Gasteiger partial charge in [0.05, 0.1) is 12.0 Å². The second kappa shape index (κ2) is 6.70. The molecule has 0 spiro atoms. The zero-order chi connectivity index (χ0) is 14.5. The summed E-state index contributed by atoms with van der Waals surface area (Å²) in [4.78, 5) is 10.5. The van der Waals surface area contributed by atoms with Crippen molar-refractivity contribution >= 4 is 5.69 Å². The predicted octanol–water partition coefficient (Wildman–Crippen LogP) is 3.27. The average Bonchev–Trinajstić information content (AvgIpc) is 2.44. The van der Waals surface area contributed by atoms with Gasteiger partial charge in [0, 0.05) is 30.3 Å². The van der Waals surface area contributed by atoms with Crippen LogP contribution in [0.25, 0.3) is 0 Å². The van der Waals surface area contributed by atoms with Gasteiger partial charge in [-0.1, -0.05) is 19.8 Å². The van der Waals surface area contributed by atoms with Crippen LogP contribution in [0, 0.1) is 16.0 Å². The largest absolute Gasteiger partial charge is 0.496 e. The third-order valence-electron chi connectivity index (χ3n) is 3.99. The average molecular weight is 278 g/mol. The number of hydrogen-bond acceptors (Lipinski definition) is 4. The second-order valence-corrected chi connectivity index (χ2v) is 5.60. The Morgan fingerprint density at radius 3 is 2.90 bits per heavy atom. The molecule has 0 aromatic heterocycles.